The van der Waals surface area contributed by atoms with Gasteiger partial charge in [-0.05, 0) is 42.5 Å². The molecule has 34 heavy (non-hydrogen) atoms. The molecule has 4 rings (SSSR count). The van der Waals surface area contributed by atoms with Gasteiger partial charge in [-0.1, -0.05) is 37.1 Å². The Labute approximate surface area is 207 Å². The van der Waals surface area contributed by atoms with E-state index in [-0.39, 0.29) is 17.6 Å². The van der Waals surface area contributed by atoms with Crippen LogP contribution in [-0.4, -0.2) is 39.4 Å². The van der Waals surface area contributed by atoms with Crippen molar-refractivity contribution >= 4 is 46.3 Å². The normalized spacial score (nSPS) is 14.1. The number of anilines is 2. The van der Waals surface area contributed by atoms with E-state index in [1.165, 1.54) is 42.8 Å². The summed E-state index contributed by atoms with van der Waals surface area (Å²) in [4.78, 5) is 25.4. The van der Waals surface area contributed by atoms with Crippen molar-refractivity contribution in [2.24, 2.45) is 0 Å². The zero-order valence-electron chi connectivity index (χ0n) is 19.4. The summed E-state index contributed by atoms with van der Waals surface area (Å²) >= 11 is 3.12. The Hall–Kier alpha value is -2.85. The van der Waals surface area contributed by atoms with Gasteiger partial charge in [0.1, 0.15) is 11.6 Å². The van der Waals surface area contributed by atoms with Crippen LogP contribution in [0.5, 0.6) is 5.75 Å². The Balaban J connectivity index is 1.47. The summed E-state index contributed by atoms with van der Waals surface area (Å²) in [5, 5.41) is 17.4. The number of methoxy groups -OCH3 is 1. The predicted molar refractivity (Wildman–Crippen MR) is 136 cm³/mol. The molecule has 1 fully saturated rings. The van der Waals surface area contributed by atoms with Crippen molar-refractivity contribution in [3.05, 3.63) is 46.4 Å². The van der Waals surface area contributed by atoms with Gasteiger partial charge in [0.25, 0.3) is 0 Å². The summed E-state index contributed by atoms with van der Waals surface area (Å²) in [5.74, 6) is 1.31. The number of thiophene rings is 1. The second-order valence-corrected chi connectivity index (χ2v) is 10.2. The second kappa shape index (κ2) is 11.5. The molecule has 0 saturated heterocycles. The fourth-order valence-corrected chi connectivity index (χ4v) is 5.73. The Morgan fingerprint density at radius 2 is 2.00 bits per heavy atom. The average Bonchev–Trinajstić information content (AvgIpc) is 3.48. The van der Waals surface area contributed by atoms with Crippen molar-refractivity contribution < 1.29 is 14.3 Å². The number of benzene rings is 1. The third-order valence-electron chi connectivity index (χ3n) is 5.71. The van der Waals surface area contributed by atoms with Gasteiger partial charge in [-0.25, -0.2) is 0 Å². The van der Waals surface area contributed by atoms with Crippen LogP contribution in [-0.2, 0) is 16.0 Å². The molecular weight excluding hydrogens is 470 g/mol. The van der Waals surface area contributed by atoms with E-state index >= 15 is 0 Å². The van der Waals surface area contributed by atoms with Gasteiger partial charge in [-0.3, -0.25) is 9.59 Å². The van der Waals surface area contributed by atoms with Crippen LogP contribution < -0.4 is 15.4 Å². The molecule has 2 N–H and O–H groups in total. The Kier molecular flexibility index (Phi) is 8.23. The van der Waals surface area contributed by atoms with Crippen LogP contribution in [0.4, 0.5) is 11.4 Å². The number of ether oxygens (including phenoxy) is 1. The molecule has 0 spiro atoms. The lowest BCUT2D eigenvalue weighted by Crippen LogP contribution is -2.18. The van der Waals surface area contributed by atoms with Gasteiger partial charge in [0.15, 0.2) is 5.16 Å². The van der Waals surface area contributed by atoms with Crippen LogP contribution in [0, 0.1) is 0 Å². The Morgan fingerprint density at radius 3 is 2.71 bits per heavy atom. The molecule has 180 valence electrons. The van der Waals surface area contributed by atoms with E-state index in [9.17, 15) is 9.59 Å². The Morgan fingerprint density at radius 1 is 1.18 bits per heavy atom. The van der Waals surface area contributed by atoms with E-state index in [0.29, 0.717) is 23.2 Å². The molecule has 0 aliphatic heterocycles. The number of carbonyl (C=O) groups is 2. The lowest BCUT2D eigenvalue weighted by molar-refractivity contribution is -0.114. The summed E-state index contributed by atoms with van der Waals surface area (Å²) in [7, 11) is 1.54. The topological polar surface area (TPSA) is 98.1 Å². The van der Waals surface area contributed by atoms with Gasteiger partial charge in [0.05, 0.1) is 18.6 Å². The predicted octanol–water partition coefficient (Wildman–Crippen LogP) is 5.13. The highest BCUT2D eigenvalue weighted by Gasteiger charge is 2.24. The average molecular weight is 500 g/mol. The van der Waals surface area contributed by atoms with Gasteiger partial charge in [0.2, 0.25) is 11.8 Å². The third kappa shape index (κ3) is 6.18. The lowest BCUT2D eigenvalue weighted by atomic mass is 9.95. The first kappa shape index (κ1) is 24.3. The molecule has 1 saturated carbocycles. The number of hydrogen-bond donors (Lipinski definition) is 2. The lowest BCUT2D eigenvalue weighted by Gasteiger charge is -2.25. The van der Waals surface area contributed by atoms with Crippen molar-refractivity contribution in [3.63, 3.8) is 0 Å². The first-order chi connectivity index (χ1) is 16.5. The number of hydrogen-bond acceptors (Lipinski definition) is 7. The molecule has 0 radical (unpaired) electrons. The Bertz CT molecular complexity index is 1120. The minimum absolute atomic E-state index is 0.179. The monoisotopic (exact) mass is 499 g/mol. The fourth-order valence-electron chi connectivity index (χ4n) is 4.20. The molecule has 8 nitrogen and oxygen atoms in total. The molecule has 10 heteroatoms. The van der Waals surface area contributed by atoms with E-state index in [1.54, 1.807) is 36.6 Å². The molecule has 1 aliphatic carbocycles. The highest BCUT2D eigenvalue weighted by Crippen LogP contribution is 2.34. The van der Waals surface area contributed by atoms with Crippen molar-refractivity contribution in [3.8, 4) is 5.75 Å². The number of nitrogens with zero attached hydrogens (tertiary/aromatic N) is 3. The minimum Gasteiger partial charge on any atom is -0.495 e. The van der Waals surface area contributed by atoms with Crippen LogP contribution >= 0.6 is 23.1 Å². The summed E-state index contributed by atoms with van der Waals surface area (Å²) in [6, 6.07) is 9.67. The number of aromatic nitrogens is 3. The van der Waals surface area contributed by atoms with Gasteiger partial charge >= 0.3 is 0 Å². The van der Waals surface area contributed by atoms with Gasteiger partial charge in [-0.15, -0.1) is 21.5 Å². The van der Waals surface area contributed by atoms with E-state index in [2.05, 4.69) is 42.9 Å². The summed E-state index contributed by atoms with van der Waals surface area (Å²) in [6.07, 6.45) is 6.65. The van der Waals surface area contributed by atoms with E-state index in [0.717, 1.165) is 30.2 Å². The molecule has 2 aromatic heterocycles. The van der Waals surface area contributed by atoms with Crippen LogP contribution in [0.2, 0.25) is 0 Å². The number of amides is 2. The molecule has 1 aromatic carbocycles. The molecule has 1 aliphatic rings. The van der Waals surface area contributed by atoms with Crippen molar-refractivity contribution in [2.45, 2.75) is 56.6 Å². The maximum absolute atomic E-state index is 12.8. The number of thioether (sulfide) groups is 1. The molecular formula is C24H29N5O3S2. The number of rotatable bonds is 9. The van der Waals surface area contributed by atoms with Crippen LogP contribution in [0.15, 0.2) is 40.9 Å². The fraction of sp³-hybridized carbons (Fsp3) is 0.417. The molecule has 3 aromatic rings. The van der Waals surface area contributed by atoms with Crippen molar-refractivity contribution in [2.75, 3.05) is 23.5 Å². The molecule has 2 amide bonds. The SMILES string of the molecule is COc1ccc(NC(C)=O)cc1NC(=O)CSc1nnc(Cc2cccs2)n1C1CCCCC1. The van der Waals surface area contributed by atoms with Crippen LogP contribution in [0.3, 0.4) is 0 Å². The summed E-state index contributed by atoms with van der Waals surface area (Å²) in [6.45, 7) is 1.44. The molecule has 0 atom stereocenters. The number of nitrogens with one attached hydrogen (secondary N) is 2. The molecule has 2 heterocycles. The first-order valence-corrected chi connectivity index (χ1v) is 13.2. The smallest absolute Gasteiger partial charge is 0.234 e. The zero-order valence-corrected chi connectivity index (χ0v) is 21.0. The van der Waals surface area contributed by atoms with Gasteiger partial charge in [-0.2, -0.15) is 0 Å². The quantitative estimate of drug-likeness (QED) is 0.396. The van der Waals surface area contributed by atoms with Crippen LogP contribution in [0.25, 0.3) is 0 Å². The largest absolute Gasteiger partial charge is 0.495 e. The highest BCUT2D eigenvalue weighted by molar-refractivity contribution is 7.99. The highest BCUT2D eigenvalue weighted by atomic mass is 32.2. The van der Waals surface area contributed by atoms with Crippen molar-refractivity contribution in [1.82, 2.24) is 14.8 Å². The van der Waals surface area contributed by atoms with Crippen LogP contribution in [0.1, 0.15) is 55.8 Å². The maximum atomic E-state index is 12.8. The standard InChI is InChI=1S/C24H29N5O3S2/c1-16(30)25-17-10-11-21(32-2)20(13-17)26-23(31)15-34-24-28-27-22(14-19-9-6-12-33-19)29(24)18-7-4-3-5-8-18/h6,9-13,18H,3-5,7-8,14-15H2,1-2H3,(H,25,30)(H,26,31). The molecule has 0 bridgehead atoms. The second-order valence-electron chi connectivity index (χ2n) is 8.25. The van der Waals surface area contributed by atoms with E-state index in [1.807, 2.05) is 0 Å². The first-order valence-electron chi connectivity index (χ1n) is 11.4. The van der Waals surface area contributed by atoms with Gasteiger partial charge in [0, 0.05) is 30.0 Å². The van der Waals surface area contributed by atoms with Crippen molar-refractivity contribution in [1.29, 1.82) is 0 Å². The minimum atomic E-state index is -0.182. The maximum Gasteiger partial charge on any atom is 0.234 e. The van der Waals surface area contributed by atoms with E-state index in [4.69, 9.17) is 4.74 Å². The third-order valence-corrected chi connectivity index (χ3v) is 7.53. The number of carbonyl (C=O) groups excluding carboxylic acids is 2. The van der Waals surface area contributed by atoms with Gasteiger partial charge < -0.3 is 19.9 Å². The van der Waals surface area contributed by atoms with E-state index < -0.39 is 0 Å². The summed E-state index contributed by atoms with van der Waals surface area (Å²) in [5.41, 5.74) is 1.10. The zero-order chi connectivity index (χ0) is 23.9. The summed E-state index contributed by atoms with van der Waals surface area (Å²) < 4.78 is 7.62. The molecule has 0 unspecified atom stereocenters.